The fourth-order valence-corrected chi connectivity index (χ4v) is 2.90. The zero-order chi connectivity index (χ0) is 16.2. The summed E-state index contributed by atoms with van der Waals surface area (Å²) in [5.41, 5.74) is 0.937. The lowest BCUT2D eigenvalue weighted by Gasteiger charge is -2.33. The number of morpholine rings is 1. The quantitative estimate of drug-likeness (QED) is 0.847. The number of rotatable bonds is 4. The highest BCUT2D eigenvalue weighted by atomic mass is 35.5. The average molecular weight is 354 g/mol. The predicted molar refractivity (Wildman–Crippen MR) is 88.6 cm³/mol. The number of hydrogen-bond donors (Lipinski definition) is 0. The van der Waals surface area contributed by atoms with E-state index in [4.69, 9.17) is 27.9 Å². The Morgan fingerprint density at radius 3 is 2.96 bits per heavy atom. The van der Waals surface area contributed by atoms with Gasteiger partial charge in [0.15, 0.2) is 0 Å². The van der Waals surface area contributed by atoms with Crippen molar-refractivity contribution >= 4 is 29.1 Å². The average Bonchev–Trinajstić information content (AvgIpc) is 3.09. The number of carbonyl (C=O) groups excluding carboxylic acids is 1. The van der Waals surface area contributed by atoms with Gasteiger partial charge in [0.1, 0.15) is 6.10 Å². The molecule has 1 aliphatic rings. The first-order valence-corrected chi connectivity index (χ1v) is 8.19. The predicted octanol–water partition coefficient (Wildman–Crippen LogP) is 3.18. The third-order valence-electron chi connectivity index (χ3n) is 3.88. The van der Waals surface area contributed by atoms with Crippen LogP contribution in [0.25, 0.3) is 0 Å². The van der Waals surface area contributed by atoms with Crippen molar-refractivity contribution in [1.29, 1.82) is 0 Å². The number of imidazole rings is 1. The summed E-state index contributed by atoms with van der Waals surface area (Å²) in [6, 6.07) is 5.44. The number of benzene rings is 1. The Labute approximate surface area is 144 Å². The number of amides is 1. The van der Waals surface area contributed by atoms with Crippen molar-refractivity contribution in [1.82, 2.24) is 14.5 Å². The minimum absolute atomic E-state index is 0.118. The topological polar surface area (TPSA) is 47.4 Å². The Hall–Kier alpha value is -1.56. The first-order valence-electron chi connectivity index (χ1n) is 7.43. The molecule has 23 heavy (non-hydrogen) atoms. The molecule has 7 heteroatoms. The maximum atomic E-state index is 12.4. The van der Waals surface area contributed by atoms with Gasteiger partial charge in [-0.05, 0) is 17.7 Å². The molecule has 1 saturated heterocycles. The lowest BCUT2D eigenvalue weighted by atomic mass is 10.1. The molecule has 1 unspecified atom stereocenters. The molecule has 0 bridgehead atoms. The Kier molecular flexibility index (Phi) is 5.20. The van der Waals surface area contributed by atoms with Gasteiger partial charge in [-0.25, -0.2) is 4.98 Å². The molecule has 3 rings (SSSR count). The highest BCUT2D eigenvalue weighted by Crippen LogP contribution is 2.29. The Morgan fingerprint density at radius 1 is 1.35 bits per heavy atom. The lowest BCUT2D eigenvalue weighted by Crippen LogP contribution is -2.42. The second-order valence-electron chi connectivity index (χ2n) is 5.42. The SMILES string of the molecule is O=C(CCn1ccnc1)N1CCOC(c2ccc(Cl)c(Cl)c2)C1. The summed E-state index contributed by atoms with van der Waals surface area (Å²) >= 11 is 12.0. The van der Waals surface area contributed by atoms with Crippen molar-refractivity contribution in [3.05, 3.63) is 52.5 Å². The molecule has 1 aromatic heterocycles. The number of aromatic nitrogens is 2. The van der Waals surface area contributed by atoms with Crippen LogP contribution in [0.2, 0.25) is 10.0 Å². The van der Waals surface area contributed by atoms with E-state index >= 15 is 0 Å². The monoisotopic (exact) mass is 353 g/mol. The van der Waals surface area contributed by atoms with Gasteiger partial charge < -0.3 is 14.2 Å². The van der Waals surface area contributed by atoms with Gasteiger partial charge in [-0.1, -0.05) is 29.3 Å². The van der Waals surface area contributed by atoms with Crippen molar-refractivity contribution in [2.75, 3.05) is 19.7 Å². The summed E-state index contributed by atoms with van der Waals surface area (Å²) in [7, 11) is 0. The maximum Gasteiger partial charge on any atom is 0.224 e. The molecule has 1 atom stereocenters. The van der Waals surface area contributed by atoms with Gasteiger partial charge in [-0.2, -0.15) is 0 Å². The lowest BCUT2D eigenvalue weighted by molar-refractivity contribution is -0.139. The molecule has 0 radical (unpaired) electrons. The van der Waals surface area contributed by atoms with Crippen LogP contribution in [0.5, 0.6) is 0 Å². The number of aryl methyl sites for hydroxylation is 1. The molecule has 0 saturated carbocycles. The molecule has 1 aromatic carbocycles. The minimum Gasteiger partial charge on any atom is -0.370 e. The van der Waals surface area contributed by atoms with Crippen LogP contribution in [0.4, 0.5) is 0 Å². The van der Waals surface area contributed by atoms with Gasteiger partial charge >= 0.3 is 0 Å². The van der Waals surface area contributed by atoms with E-state index in [1.54, 1.807) is 24.7 Å². The number of halogens is 2. The van der Waals surface area contributed by atoms with E-state index in [2.05, 4.69) is 4.98 Å². The van der Waals surface area contributed by atoms with E-state index in [0.29, 0.717) is 42.7 Å². The number of carbonyl (C=O) groups is 1. The molecule has 0 N–H and O–H groups in total. The van der Waals surface area contributed by atoms with E-state index in [9.17, 15) is 4.79 Å². The Balaban J connectivity index is 1.60. The molecule has 5 nitrogen and oxygen atoms in total. The third-order valence-corrected chi connectivity index (χ3v) is 4.62. The van der Waals surface area contributed by atoms with E-state index in [-0.39, 0.29) is 12.0 Å². The van der Waals surface area contributed by atoms with Crippen molar-refractivity contribution < 1.29 is 9.53 Å². The normalized spacial score (nSPS) is 18.2. The molecule has 1 amide bonds. The first-order chi connectivity index (χ1) is 11.1. The fourth-order valence-electron chi connectivity index (χ4n) is 2.59. The van der Waals surface area contributed by atoms with Crippen molar-refractivity contribution in [2.24, 2.45) is 0 Å². The van der Waals surface area contributed by atoms with Gasteiger partial charge in [0.2, 0.25) is 5.91 Å². The van der Waals surface area contributed by atoms with Gasteiger partial charge in [-0.3, -0.25) is 4.79 Å². The van der Waals surface area contributed by atoms with E-state index in [1.165, 1.54) is 0 Å². The standard InChI is InChI=1S/C16H17Cl2N3O2/c17-13-2-1-12(9-14(13)18)15-10-21(7-8-23-15)16(22)3-5-20-6-4-19-11-20/h1-2,4,6,9,11,15H,3,5,7-8,10H2. The fraction of sp³-hybridized carbons (Fsp3) is 0.375. The van der Waals surface area contributed by atoms with E-state index in [1.807, 2.05) is 21.7 Å². The highest BCUT2D eigenvalue weighted by molar-refractivity contribution is 6.42. The molecule has 1 aliphatic heterocycles. The summed E-state index contributed by atoms with van der Waals surface area (Å²) in [6.45, 7) is 2.29. The zero-order valence-electron chi connectivity index (χ0n) is 12.5. The number of ether oxygens (including phenoxy) is 1. The van der Waals surface area contributed by atoms with Crippen LogP contribution >= 0.6 is 23.2 Å². The van der Waals surface area contributed by atoms with Gasteiger partial charge in [-0.15, -0.1) is 0 Å². The van der Waals surface area contributed by atoms with Crippen LogP contribution in [0.1, 0.15) is 18.1 Å². The van der Waals surface area contributed by atoms with Gasteiger partial charge in [0.05, 0.1) is 29.5 Å². The summed E-state index contributed by atoms with van der Waals surface area (Å²) < 4.78 is 7.68. The van der Waals surface area contributed by atoms with Crippen molar-refractivity contribution in [3.8, 4) is 0 Å². The summed E-state index contributed by atoms with van der Waals surface area (Å²) in [5, 5.41) is 1.01. The number of nitrogens with zero attached hydrogens (tertiary/aromatic N) is 3. The largest absolute Gasteiger partial charge is 0.370 e. The van der Waals surface area contributed by atoms with E-state index < -0.39 is 0 Å². The van der Waals surface area contributed by atoms with Crippen LogP contribution in [0, 0.1) is 0 Å². The van der Waals surface area contributed by atoms with Crippen LogP contribution in [-0.2, 0) is 16.1 Å². The molecule has 2 aromatic rings. The molecule has 0 aliphatic carbocycles. The second kappa shape index (κ2) is 7.34. The second-order valence-corrected chi connectivity index (χ2v) is 6.24. The van der Waals surface area contributed by atoms with Crippen molar-refractivity contribution in [2.45, 2.75) is 19.1 Å². The summed E-state index contributed by atoms with van der Waals surface area (Å²) in [6.07, 6.45) is 5.55. The molecule has 2 heterocycles. The Bertz CT molecular complexity index is 676. The first kappa shape index (κ1) is 16.3. The van der Waals surface area contributed by atoms with Gasteiger partial charge in [0, 0.05) is 31.9 Å². The maximum absolute atomic E-state index is 12.4. The van der Waals surface area contributed by atoms with E-state index in [0.717, 1.165) is 5.56 Å². The minimum atomic E-state index is -0.171. The molecular weight excluding hydrogens is 337 g/mol. The smallest absolute Gasteiger partial charge is 0.224 e. The third kappa shape index (κ3) is 4.05. The molecule has 0 spiro atoms. The van der Waals surface area contributed by atoms with Crippen LogP contribution < -0.4 is 0 Å². The number of hydrogen-bond acceptors (Lipinski definition) is 3. The summed E-state index contributed by atoms with van der Waals surface area (Å²) in [4.78, 5) is 18.2. The summed E-state index contributed by atoms with van der Waals surface area (Å²) in [5.74, 6) is 0.118. The zero-order valence-corrected chi connectivity index (χ0v) is 14.0. The van der Waals surface area contributed by atoms with Crippen LogP contribution in [0.15, 0.2) is 36.9 Å². The van der Waals surface area contributed by atoms with Crippen molar-refractivity contribution in [3.63, 3.8) is 0 Å². The van der Waals surface area contributed by atoms with Crippen LogP contribution in [0.3, 0.4) is 0 Å². The molecule has 122 valence electrons. The highest BCUT2D eigenvalue weighted by Gasteiger charge is 2.25. The van der Waals surface area contributed by atoms with Crippen LogP contribution in [-0.4, -0.2) is 40.1 Å². The Morgan fingerprint density at radius 2 is 2.22 bits per heavy atom. The molecule has 1 fully saturated rings. The molecular formula is C16H17Cl2N3O2. The van der Waals surface area contributed by atoms with Gasteiger partial charge in [0.25, 0.3) is 0 Å².